The van der Waals surface area contributed by atoms with Gasteiger partial charge in [0.2, 0.25) is 0 Å². The van der Waals surface area contributed by atoms with Gasteiger partial charge in [-0.2, -0.15) is 0 Å². The van der Waals surface area contributed by atoms with Crippen LogP contribution in [0.3, 0.4) is 0 Å². The van der Waals surface area contributed by atoms with Gasteiger partial charge in [0.15, 0.2) is 5.82 Å². The van der Waals surface area contributed by atoms with E-state index in [0.29, 0.717) is 24.9 Å². The van der Waals surface area contributed by atoms with Crippen molar-refractivity contribution in [3.63, 3.8) is 0 Å². The van der Waals surface area contributed by atoms with Crippen molar-refractivity contribution < 1.29 is 9.84 Å². The molecule has 0 radical (unpaired) electrons. The summed E-state index contributed by atoms with van der Waals surface area (Å²) in [5, 5.41) is 16.2. The SMILES string of the molecule is CCNc1cc(NCC(O)C2CC2)nc(COC)n1. The minimum absolute atomic E-state index is 0.288. The lowest BCUT2D eigenvalue weighted by molar-refractivity contribution is 0.164. The Balaban J connectivity index is 1.99. The molecule has 0 bridgehead atoms. The molecule has 0 aromatic carbocycles. The average molecular weight is 266 g/mol. The number of ether oxygens (including phenoxy) is 1. The van der Waals surface area contributed by atoms with E-state index in [1.165, 1.54) is 0 Å². The first-order chi connectivity index (χ1) is 9.22. The molecule has 3 N–H and O–H groups in total. The van der Waals surface area contributed by atoms with Gasteiger partial charge in [0.25, 0.3) is 0 Å². The highest BCUT2D eigenvalue weighted by molar-refractivity contribution is 5.47. The second kappa shape index (κ2) is 6.68. The number of methoxy groups -OCH3 is 1. The Labute approximate surface area is 113 Å². The van der Waals surface area contributed by atoms with Gasteiger partial charge >= 0.3 is 0 Å². The quantitative estimate of drug-likeness (QED) is 0.657. The summed E-state index contributed by atoms with van der Waals surface area (Å²) in [4.78, 5) is 8.70. The van der Waals surface area contributed by atoms with Gasteiger partial charge in [0.05, 0.1) is 6.10 Å². The van der Waals surface area contributed by atoms with Crippen molar-refractivity contribution >= 4 is 11.6 Å². The Kier molecular flexibility index (Phi) is 4.93. The van der Waals surface area contributed by atoms with Gasteiger partial charge in [0, 0.05) is 26.3 Å². The lowest BCUT2D eigenvalue weighted by Crippen LogP contribution is -2.22. The lowest BCUT2D eigenvalue weighted by atomic mass is 10.2. The van der Waals surface area contributed by atoms with E-state index in [-0.39, 0.29) is 6.10 Å². The summed E-state index contributed by atoms with van der Waals surface area (Å²) in [6.45, 7) is 3.72. The molecule has 0 amide bonds. The summed E-state index contributed by atoms with van der Waals surface area (Å²) in [5.41, 5.74) is 0. The zero-order valence-electron chi connectivity index (χ0n) is 11.5. The van der Waals surface area contributed by atoms with Crippen molar-refractivity contribution in [2.75, 3.05) is 30.8 Å². The molecule has 1 fully saturated rings. The Morgan fingerprint density at radius 1 is 1.37 bits per heavy atom. The van der Waals surface area contributed by atoms with Crippen LogP contribution in [0.25, 0.3) is 0 Å². The van der Waals surface area contributed by atoms with E-state index in [2.05, 4.69) is 20.6 Å². The topological polar surface area (TPSA) is 79.3 Å². The van der Waals surface area contributed by atoms with Gasteiger partial charge in [0.1, 0.15) is 18.2 Å². The Hall–Kier alpha value is -1.40. The van der Waals surface area contributed by atoms with Crippen LogP contribution in [0.5, 0.6) is 0 Å². The molecule has 19 heavy (non-hydrogen) atoms. The molecule has 1 atom stereocenters. The van der Waals surface area contributed by atoms with Crippen molar-refractivity contribution in [3.8, 4) is 0 Å². The van der Waals surface area contributed by atoms with Crippen LogP contribution in [0.2, 0.25) is 0 Å². The molecule has 6 heteroatoms. The van der Waals surface area contributed by atoms with Gasteiger partial charge in [-0.25, -0.2) is 9.97 Å². The molecular weight excluding hydrogens is 244 g/mol. The van der Waals surface area contributed by atoms with E-state index < -0.39 is 0 Å². The Bertz CT molecular complexity index is 385. The third-order valence-electron chi connectivity index (χ3n) is 3.06. The van der Waals surface area contributed by atoms with E-state index in [9.17, 15) is 5.11 Å². The molecule has 6 nitrogen and oxygen atoms in total. The van der Waals surface area contributed by atoms with Gasteiger partial charge < -0.3 is 20.5 Å². The minimum atomic E-state index is -0.288. The van der Waals surface area contributed by atoms with Crippen LogP contribution in [0.4, 0.5) is 11.6 Å². The van der Waals surface area contributed by atoms with Crippen LogP contribution in [0, 0.1) is 5.92 Å². The summed E-state index contributed by atoms with van der Waals surface area (Å²) in [6.07, 6.45) is 1.97. The van der Waals surface area contributed by atoms with Crippen molar-refractivity contribution in [1.29, 1.82) is 0 Å². The second-order valence-corrected chi connectivity index (χ2v) is 4.80. The monoisotopic (exact) mass is 266 g/mol. The highest BCUT2D eigenvalue weighted by Gasteiger charge is 2.29. The normalized spacial score (nSPS) is 16.2. The number of aliphatic hydroxyl groups excluding tert-OH is 1. The van der Waals surface area contributed by atoms with Crippen LogP contribution in [0.1, 0.15) is 25.6 Å². The van der Waals surface area contributed by atoms with Gasteiger partial charge in [-0.05, 0) is 25.7 Å². The smallest absolute Gasteiger partial charge is 0.158 e. The van der Waals surface area contributed by atoms with Crippen molar-refractivity contribution in [2.45, 2.75) is 32.5 Å². The molecule has 1 aliphatic carbocycles. The molecular formula is C13H22N4O2. The third-order valence-corrected chi connectivity index (χ3v) is 3.06. The van der Waals surface area contributed by atoms with E-state index in [0.717, 1.165) is 31.0 Å². The molecule has 0 saturated heterocycles. The van der Waals surface area contributed by atoms with Crippen LogP contribution < -0.4 is 10.6 Å². The molecule has 1 aliphatic rings. The van der Waals surface area contributed by atoms with E-state index in [1.807, 2.05) is 13.0 Å². The number of anilines is 2. The number of aromatic nitrogens is 2. The first-order valence-corrected chi connectivity index (χ1v) is 6.75. The lowest BCUT2D eigenvalue weighted by Gasteiger charge is -2.13. The van der Waals surface area contributed by atoms with Gasteiger partial charge in [-0.3, -0.25) is 0 Å². The van der Waals surface area contributed by atoms with Gasteiger partial charge in [-0.15, -0.1) is 0 Å². The van der Waals surface area contributed by atoms with Gasteiger partial charge in [-0.1, -0.05) is 0 Å². The molecule has 106 valence electrons. The number of hydrogen-bond donors (Lipinski definition) is 3. The molecule has 1 unspecified atom stereocenters. The molecule has 2 rings (SSSR count). The predicted molar refractivity (Wildman–Crippen MR) is 74.1 cm³/mol. The Morgan fingerprint density at radius 3 is 2.63 bits per heavy atom. The fraction of sp³-hybridized carbons (Fsp3) is 0.692. The molecule has 1 heterocycles. The number of aliphatic hydroxyl groups is 1. The average Bonchev–Trinajstić information content (AvgIpc) is 3.21. The molecule has 1 aromatic rings. The fourth-order valence-electron chi connectivity index (χ4n) is 1.91. The zero-order valence-corrected chi connectivity index (χ0v) is 11.5. The van der Waals surface area contributed by atoms with Crippen molar-refractivity contribution in [1.82, 2.24) is 9.97 Å². The number of rotatable bonds is 8. The van der Waals surface area contributed by atoms with Crippen molar-refractivity contribution in [2.24, 2.45) is 5.92 Å². The van der Waals surface area contributed by atoms with Crippen LogP contribution in [-0.4, -0.2) is 41.4 Å². The standard InChI is InChI=1S/C13H22N4O2/c1-3-14-11-6-12(17-13(16-11)8-19-2)15-7-10(18)9-4-5-9/h6,9-10,18H,3-5,7-8H2,1-2H3,(H2,14,15,16,17). The first kappa shape index (κ1) is 14.0. The fourth-order valence-corrected chi connectivity index (χ4v) is 1.91. The number of nitrogens with one attached hydrogen (secondary N) is 2. The summed E-state index contributed by atoms with van der Waals surface area (Å²) < 4.78 is 5.06. The second-order valence-electron chi connectivity index (χ2n) is 4.80. The molecule has 1 aromatic heterocycles. The maximum absolute atomic E-state index is 9.85. The van der Waals surface area contributed by atoms with Crippen LogP contribution in [0.15, 0.2) is 6.07 Å². The van der Waals surface area contributed by atoms with E-state index in [1.54, 1.807) is 7.11 Å². The third kappa shape index (κ3) is 4.33. The summed E-state index contributed by atoms with van der Waals surface area (Å²) >= 11 is 0. The highest BCUT2D eigenvalue weighted by atomic mass is 16.5. The maximum Gasteiger partial charge on any atom is 0.158 e. The highest BCUT2D eigenvalue weighted by Crippen LogP contribution is 2.32. The van der Waals surface area contributed by atoms with Crippen LogP contribution >= 0.6 is 0 Å². The minimum Gasteiger partial charge on any atom is -0.391 e. The van der Waals surface area contributed by atoms with E-state index in [4.69, 9.17) is 4.74 Å². The molecule has 0 aliphatic heterocycles. The maximum atomic E-state index is 9.85. The van der Waals surface area contributed by atoms with Crippen molar-refractivity contribution in [3.05, 3.63) is 11.9 Å². The summed E-state index contributed by atoms with van der Waals surface area (Å²) in [7, 11) is 1.62. The van der Waals surface area contributed by atoms with E-state index >= 15 is 0 Å². The predicted octanol–water partition coefficient (Wildman–Crippen LogP) is 1.24. The zero-order chi connectivity index (χ0) is 13.7. The largest absolute Gasteiger partial charge is 0.391 e. The number of nitrogens with zero attached hydrogens (tertiary/aromatic N) is 2. The Morgan fingerprint density at radius 2 is 2.05 bits per heavy atom. The molecule has 1 saturated carbocycles. The number of hydrogen-bond acceptors (Lipinski definition) is 6. The first-order valence-electron chi connectivity index (χ1n) is 6.75. The van der Waals surface area contributed by atoms with Crippen LogP contribution in [-0.2, 0) is 11.3 Å². The molecule has 0 spiro atoms. The summed E-state index contributed by atoms with van der Waals surface area (Å²) in [6, 6.07) is 1.85. The summed E-state index contributed by atoms with van der Waals surface area (Å²) in [5.74, 6) is 2.58.